The number of nitrogens with one attached hydrogen (secondary N) is 2. The van der Waals surface area contributed by atoms with Crippen LogP contribution in [0.4, 0.5) is 0 Å². The molecule has 0 aliphatic carbocycles. The average molecular weight is 680 g/mol. The molecule has 11 rings (SSSR count). The SMILES string of the molecule is N=C(N=c1nc(-c2ccc3c(c2)oc2ccccc23)c2ccccc2[nH]1)c1ccc(-n2c3ccc4ccccc4c3c3c4ccccc4ccc32)cc1. The molecule has 0 unspecified atom stereocenters. The van der Waals surface area contributed by atoms with Gasteiger partial charge in [-0.25, -0.2) is 4.98 Å². The zero-order chi connectivity index (χ0) is 35.0. The van der Waals surface area contributed by atoms with Crippen molar-refractivity contribution in [1.82, 2.24) is 14.5 Å². The fourth-order valence-corrected chi connectivity index (χ4v) is 8.02. The summed E-state index contributed by atoms with van der Waals surface area (Å²) >= 11 is 0. The molecule has 248 valence electrons. The number of nitrogens with zero attached hydrogens (tertiary/aromatic N) is 3. The summed E-state index contributed by atoms with van der Waals surface area (Å²) in [5.74, 6) is 0.119. The molecule has 11 aromatic rings. The van der Waals surface area contributed by atoms with Crippen LogP contribution in [-0.2, 0) is 0 Å². The number of rotatable bonds is 3. The van der Waals surface area contributed by atoms with Crippen LogP contribution in [0.1, 0.15) is 5.56 Å². The van der Waals surface area contributed by atoms with Crippen LogP contribution in [-0.4, -0.2) is 20.4 Å². The molecule has 0 bridgehead atoms. The zero-order valence-electron chi connectivity index (χ0n) is 28.3. The standard InChI is InChI=1S/C47H29N5O/c48-46(51-47-49-38-15-7-5-14-37(38)45(50-47)31-19-24-36-35-13-6-8-16-41(35)53-42(36)27-31)30-17-22-32(23-18-30)52-39-25-20-28-9-1-3-11-33(28)43(39)44-34-12-4-2-10-29(34)21-26-40(44)52/h1-27H,(H2,48,49,50,51). The number of aromatic nitrogens is 3. The van der Waals surface area contributed by atoms with Crippen LogP contribution < -0.4 is 5.62 Å². The Balaban J connectivity index is 1.02. The van der Waals surface area contributed by atoms with Crippen LogP contribution in [0.2, 0.25) is 0 Å². The highest BCUT2D eigenvalue weighted by Gasteiger charge is 2.18. The Morgan fingerprint density at radius 2 is 1.17 bits per heavy atom. The number of hydrogen-bond donors (Lipinski definition) is 2. The summed E-state index contributed by atoms with van der Waals surface area (Å²) in [5.41, 5.74) is 8.60. The van der Waals surface area contributed by atoms with E-state index in [0.29, 0.717) is 11.2 Å². The van der Waals surface area contributed by atoms with Crippen molar-refractivity contribution in [3.05, 3.63) is 175 Å². The molecule has 0 amide bonds. The van der Waals surface area contributed by atoms with Crippen molar-refractivity contribution < 1.29 is 4.42 Å². The number of aromatic amines is 1. The van der Waals surface area contributed by atoms with E-state index < -0.39 is 0 Å². The first-order chi connectivity index (χ1) is 26.2. The smallest absolute Gasteiger partial charge is 0.229 e. The minimum absolute atomic E-state index is 0.119. The molecular weight excluding hydrogens is 651 g/mol. The van der Waals surface area contributed by atoms with Gasteiger partial charge in [0.1, 0.15) is 11.2 Å². The van der Waals surface area contributed by atoms with Crippen LogP contribution in [0.5, 0.6) is 0 Å². The topological polar surface area (TPSA) is 83.0 Å². The van der Waals surface area contributed by atoms with E-state index in [4.69, 9.17) is 19.8 Å². The van der Waals surface area contributed by atoms with Gasteiger partial charge >= 0.3 is 0 Å². The molecule has 0 saturated heterocycles. The van der Waals surface area contributed by atoms with Gasteiger partial charge in [0.15, 0.2) is 5.84 Å². The Morgan fingerprint density at radius 1 is 0.566 bits per heavy atom. The van der Waals surface area contributed by atoms with Gasteiger partial charge in [-0.1, -0.05) is 103 Å². The van der Waals surface area contributed by atoms with Crippen molar-refractivity contribution >= 4 is 82.0 Å². The highest BCUT2D eigenvalue weighted by molar-refractivity contribution is 6.28. The van der Waals surface area contributed by atoms with Gasteiger partial charge in [-0.2, -0.15) is 4.99 Å². The third-order valence-electron chi connectivity index (χ3n) is 10.5. The molecule has 3 heterocycles. The Morgan fingerprint density at radius 3 is 1.89 bits per heavy atom. The number of para-hydroxylation sites is 2. The second-order valence-corrected chi connectivity index (χ2v) is 13.5. The Labute approximate surface area is 302 Å². The molecule has 3 aromatic heterocycles. The van der Waals surface area contributed by atoms with Gasteiger partial charge in [0.05, 0.1) is 22.2 Å². The van der Waals surface area contributed by atoms with E-state index in [1.165, 1.54) is 32.3 Å². The molecule has 8 aromatic carbocycles. The fraction of sp³-hybridized carbons (Fsp3) is 0. The van der Waals surface area contributed by atoms with Crippen LogP contribution in [0.15, 0.2) is 173 Å². The van der Waals surface area contributed by atoms with Crippen LogP contribution in [0.25, 0.3) is 93.1 Å². The second kappa shape index (κ2) is 11.4. The lowest BCUT2D eigenvalue weighted by Crippen LogP contribution is -2.17. The Bertz CT molecular complexity index is 3270. The van der Waals surface area contributed by atoms with Gasteiger partial charge in [0.25, 0.3) is 0 Å². The first-order valence-electron chi connectivity index (χ1n) is 17.7. The van der Waals surface area contributed by atoms with Gasteiger partial charge in [-0.3, -0.25) is 5.41 Å². The molecule has 0 aliphatic heterocycles. The number of benzene rings is 8. The molecule has 53 heavy (non-hydrogen) atoms. The van der Waals surface area contributed by atoms with E-state index in [-0.39, 0.29) is 5.84 Å². The van der Waals surface area contributed by atoms with E-state index in [1.54, 1.807) is 0 Å². The van der Waals surface area contributed by atoms with E-state index in [9.17, 15) is 0 Å². The van der Waals surface area contributed by atoms with Gasteiger partial charge in [-0.15, -0.1) is 0 Å². The maximum Gasteiger partial charge on any atom is 0.229 e. The van der Waals surface area contributed by atoms with Gasteiger partial charge < -0.3 is 14.0 Å². The Kier molecular flexibility index (Phi) is 6.30. The lowest BCUT2D eigenvalue weighted by Gasteiger charge is -2.10. The maximum absolute atomic E-state index is 9.06. The number of furan rings is 1. The third kappa shape index (κ3) is 4.56. The molecule has 2 N–H and O–H groups in total. The summed E-state index contributed by atoms with van der Waals surface area (Å²) in [5, 5.41) is 19.6. The number of hydrogen-bond acceptors (Lipinski definition) is 3. The number of fused-ring (bicyclic) bond motifs is 11. The van der Waals surface area contributed by atoms with E-state index in [2.05, 4.69) is 113 Å². The lowest BCUT2D eigenvalue weighted by atomic mass is 10.00. The van der Waals surface area contributed by atoms with Crippen molar-refractivity contribution in [2.75, 3.05) is 0 Å². The highest BCUT2D eigenvalue weighted by Crippen LogP contribution is 2.40. The molecule has 6 heteroatoms. The van der Waals surface area contributed by atoms with Crippen LogP contribution in [0.3, 0.4) is 0 Å². The summed E-state index contributed by atoms with van der Waals surface area (Å²) in [4.78, 5) is 13.0. The van der Waals surface area contributed by atoms with Crippen molar-refractivity contribution in [1.29, 1.82) is 5.41 Å². The number of amidine groups is 1. The first kappa shape index (κ1) is 29.4. The van der Waals surface area contributed by atoms with Crippen LogP contribution >= 0.6 is 0 Å². The molecular formula is C47H29N5O. The monoisotopic (exact) mass is 679 g/mol. The minimum Gasteiger partial charge on any atom is -0.456 e. The summed E-state index contributed by atoms with van der Waals surface area (Å²) in [6.07, 6.45) is 0. The Hall–Kier alpha value is -7.31. The zero-order valence-corrected chi connectivity index (χ0v) is 28.3. The first-order valence-corrected chi connectivity index (χ1v) is 17.7. The van der Waals surface area contributed by atoms with Crippen molar-refractivity contribution in [3.8, 4) is 16.9 Å². The van der Waals surface area contributed by atoms with E-state index in [1.807, 2.05) is 60.7 Å². The third-order valence-corrected chi connectivity index (χ3v) is 10.5. The molecule has 0 saturated carbocycles. The fourth-order valence-electron chi connectivity index (χ4n) is 8.02. The summed E-state index contributed by atoms with van der Waals surface area (Å²) < 4.78 is 8.54. The summed E-state index contributed by atoms with van der Waals surface area (Å²) in [6.45, 7) is 0. The molecule has 0 fully saturated rings. The van der Waals surface area contributed by atoms with Crippen LogP contribution in [0, 0.1) is 5.41 Å². The maximum atomic E-state index is 9.06. The normalized spacial score (nSPS) is 12.3. The van der Waals surface area contributed by atoms with E-state index >= 15 is 0 Å². The molecule has 0 atom stereocenters. The average Bonchev–Trinajstić information content (AvgIpc) is 3.76. The predicted molar refractivity (Wildman–Crippen MR) is 217 cm³/mol. The summed E-state index contributed by atoms with van der Waals surface area (Å²) in [7, 11) is 0. The second-order valence-electron chi connectivity index (χ2n) is 13.5. The summed E-state index contributed by atoms with van der Waals surface area (Å²) in [6, 6.07) is 56.5. The molecule has 0 spiro atoms. The number of H-pyrrole nitrogens is 1. The highest BCUT2D eigenvalue weighted by atomic mass is 16.3. The predicted octanol–water partition coefficient (Wildman–Crippen LogP) is 11.5. The molecule has 0 aliphatic rings. The van der Waals surface area contributed by atoms with Gasteiger partial charge in [-0.05, 0) is 82.2 Å². The minimum atomic E-state index is 0.119. The quantitative estimate of drug-likeness (QED) is 0.144. The van der Waals surface area contributed by atoms with E-state index in [0.717, 1.165) is 60.8 Å². The molecule has 6 nitrogen and oxygen atoms in total. The van der Waals surface area contributed by atoms with Gasteiger partial charge in [0, 0.05) is 43.7 Å². The molecule has 0 radical (unpaired) electrons. The van der Waals surface area contributed by atoms with Gasteiger partial charge in [0.2, 0.25) is 5.62 Å². The lowest BCUT2D eigenvalue weighted by molar-refractivity contribution is 0.669. The van der Waals surface area contributed by atoms with Crippen molar-refractivity contribution in [2.24, 2.45) is 4.99 Å². The van der Waals surface area contributed by atoms with Crippen molar-refractivity contribution in [2.45, 2.75) is 0 Å². The largest absolute Gasteiger partial charge is 0.456 e. The van der Waals surface area contributed by atoms with Crippen molar-refractivity contribution in [3.63, 3.8) is 0 Å².